The summed E-state index contributed by atoms with van der Waals surface area (Å²) >= 11 is 0. The molecule has 0 spiro atoms. The highest BCUT2D eigenvalue weighted by molar-refractivity contribution is 6.00. The lowest BCUT2D eigenvalue weighted by Gasteiger charge is -2.33. The molecule has 2 saturated heterocycles. The third-order valence-electron chi connectivity index (χ3n) is 6.07. The third kappa shape index (κ3) is 6.29. The standard InChI is InChI=1S/C24H35N3O4/c1-17(2)31-14-4-11-25-23(29)19-9-12-26(13-10-19)24(30)20-15-22(28)27(16-20)21-7-5-18(3)6-8-21/h5-8,17,19-20H,4,9-16H2,1-3H3,(H,25,29)/t20-/m1/s1. The molecular formula is C24H35N3O4. The number of rotatable bonds is 8. The molecule has 2 aliphatic heterocycles. The van der Waals surface area contributed by atoms with Crippen LogP contribution in [0.3, 0.4) is 0 Å². The summed E-state index contributed by atoms with van der Waals surface area (Å²) in [7, 11) is 0. The molecule has 0 bridgehead atoms. The Morgan fingerprint density at radius 2 is 1.81 bits per heavy atom. The smallest absolute Gasteiger partial charge is 0.228 e. The molecule has 170 valence electrons. The number of piperidine rings is 1. The summed E-state index contributed by atoms with van der Waals surface area (Å²) in [6.07, 6.45) is 2.60. The van der Waals surface area contributed by atoms with E-state index in [0.717, 1.165) is 17.7 Å². The molecule has 7 heteroatoms. The molecule has 0 aromatic heterocycles. The predicted molar refractivity (Wildman–Crippen MR) is 120 cm³/mol. The number of anilines is 1. The largest absolute Gasteiger partial charge is 0.379 e. The van der Waals surface area contributed by atoms with Crippen molar-refractivity contribution in [3.8, 4) is 0 Å². The van der Waals surface area contributed by atoms with Crippen LogP contribution in [0, 0.1) is 18.8 Å². The van der Waals surface area contributed by atoms with Crippen molar-refractivity contribution < 1.29 is 19.1 Å². The van der Waals surface area contributed by atoms with Crippen LogP contribution in [0.1, 0.15) is 45.1 Å². The van der Waals surface area contributed by atoms with Gasteiger partial charge in [-0.15, -0.1) is 0 Å². The molecule has 2 fully saturated rings. The van der Waals surface area contributed by atoms with Gasteiger partial charge in [-0.1, -0.05) is 17.7 Å². The SMILES string of the molecule is Cc1ccc(N2C[C@H](C(=O)N3CCC(C(=O)NCCCOC(C)C)CC3)CC2=O)cc1. The Morgan fingerprint density at radius 3 is 2.45 bits per heavy atom. The number of aryl methyl sites for hydroxylation is 1. The zero-order chi connectivity index (χ0) is 22.4. The average Bonchev–Trinajstić information content (AvgIpc) is 3.15. The van der Waals surface area contributed by atoms with E-state index in [9.17, 15) is 14.4 Å². The van der Waals surface area contributed by atoms with Crippen molar-refractivity contribution in [2.24, 2.45) is 11.8 Å². The summed E-state index contributed by atoms with van der Waals surface area (Å²) in [6.45, 7) is 8.83. The quantitative estimate of drug-likeness (QED) is 0.644. The number of nitrogens with zero attached hydrogens (tertiary/aromatic N) is 2. The Morgan fingerprint density at radius 1 is 1.13 bits per heavy atom. The van der Waals surface area contributed by atoms with Crippen LogP contribution in [-0.4, -0.2) is 61.5 Å². The lowest BCUT2D eigenvalue weighted by atomic mass is 9.94. The molecule has 1 aromatic carbocycles. The number of carbonyl (C=O) groups is 3. The lowest BCUT2D eigenvalue weighted by molar-refractivity contribution is -0.139. The maximum absolute atomic E-state index is 13.0. The first-order chi connectivity index (χ1) is 14.8. The van der Waals surface area contributed by atoms with Gasteiger partial charge in [0.15, 0.2) is 0 Å². The Labute approximate surface area is 185 Å². The number of hydrogen-bond donors (Lipinski definition) is 1. The highest BCUT2D eigenvalue weighted by Gasteiger charge is 2.38. The molecule has 2 heterocycles. The fraction of sp³-hybridized carbons (Fsp3) is 0.625. The van der Waals surface area contributed by atoms with E-state index in [-0.39, 0.29) is 42.1 Å². The minimum absolute atomic E-state index is 0.00193. The van der Waals surface area contributed by atoms with E-state index in [1.165, 1.54) is 0 Å². The van der Waals surface area contributed by atoms with Crippen LogP contribution in [0.5, 0.6) is 0 Å². The molecule has 3 rings (SSSR count). The number of benzene rings is 1. The number of ether oxygens (including phenoxy) is 1. The molecule has 1 aromatic rings. The minimum Gasteiger partial charge on any atom is -0.379 e. The van der Waals surface area contributed by atoms with Crippen molar-refractivity contribution in [2.45, 2.75) is 52.6 Å². The van der Waals surface area contributed by atoms with E-state index >= 15 is 0 Å². The van der Waals surface area contributed by atoms with Gasteiger partial charge in [-0.2, -0.15) is 0 Å². The van der Waals surface area contributed by atoms with Crippen molar-refractivity contribution in [1.82, 2.24) is 10.2 Å². The van der Waals surface area contributed by atoms with Crippen LogP contribution in [0.2, 0.25) is 0 Å². The molecule has 7 nitrogen and oxygen atoms in total. The zero-order valence-electron chi connectivity index (χ0n) is 18.9. The van der Waals surface area contributed by atoms with Gasteiger partial charge in [0, 0.05) is 50.8 Å². The molecule has 31 heavy (non-hydrogen) atoms. The van der Waals surface area contributed by atoms with Crippen LogP contribution in [0.25, 0.3) is 0 Å². The molecule has 1 N–H and O–H groups in total. The van der Waals surface area contributed by atoms with Gasteiger partial charge in [-0.3, -0.25) is 14.4 Å². The number of likely N-dealkylation sites (tertiary alicyclic amines) is 1. The van der Waals surface area contributed by atoms with Gasteiger partial charge in [0.05, 0.1) is 12.0 Å². The summed E-state index contributed by atoms with van der Waals surface area (Å²) < 4.78 is 5.48. The van der Waals surface area contributed by atoms with E-state index in [4.69, 9.17) is 4.74 Å². The van der Waals surface area contributed by atoms with Gasteiger partial charge in [-0.25, -0.2) is 0 Å². The Hall–Kier alpha value is -2.41. The average molecular weight is 430 g/mol. The van der Waals surface area contributed by atoms with E-state index in [1.807, 2.05) is 49.9 Å². The van der Waals surface area contributed by atoms with E-state index in [2.05, 4.69) is 5.32 Å². The zero-order valence-corrected chi connectivity index (χ0v) is 18.9. The molecule has 2 aliphatic rings. The Balaban J connectivity index is 1.42. The van der Waals surface area contributed by atoms with Gasteiger partial charge < -0.3 is 19.9 Å². The van der Waals surface area contributed by atoms with Gasteiger partial charge in [0.1, 0.15) is 0 Å². The van der Waals surface area contributed by atoms with Crippen LogP contribution >= 0.6 is 0 Å². The normalized spacial score (nSPS) is 19.9. The molecule has 0 saturated carbocycles. The van der Waals surface area contributed by atoms with E-state index in [0.29, 0.717) is 45.6 Å². The summed E-state index contributed by atoms with van der Waals surface area (Å²) in [5, 5.41) is 2.99. The van der Waals surface area contributed by atoms with Gasteiger partial charge in [0.25, 0.3) is 0 Å². The van der Waals surface area contributed by atoms with Gasteiger partial charge >= 0.3 is 0 Å². The fourth-order valence-electron chi connectivity index (χ4n) is 4.21. The van der Waals surface area contributed by atoms with Crippen molar-refractivity contribution in [1.29, 1.82) is 0 Å². The van der Waals surface area contributed by atoms with Crippen molar-refractivity contribution >= 4 is 23.4 Å². The maximum atomic E-state index is 13.0. The second kappa shape index (κ2) is 10.8. The maximum Gasteiger partial charge on any atom is 0.228 e. The third-order valence-corrected chi connectivity index (χ3v) is 6.07. The molecule has 0 unspecified atom stereocenters. The van der Waals surface area contributed by atoms with Gasteiger partial charge in [-0.05, 0) is 52.2 Å². The van der Waals surface area contributed by atoms with Crippen molar-refractivity contribution in [3.05, 3.63) is 29.8 Å². The van der Waals surface area contributed by atoms with Crippen LogP contribution in [0.4, 0.5) is 5.69 Å². The van der Waals surface area contributed by atoms with Crippen LogP contribution in [0.15, 0.2) is 24.3 Å². The monoisotopic (exact) mass is 429 g/mol. The number of amides is 3. The summed E-state index contributed by atoms with van der Waals surface area (Å²) in [6, 6.07) is 7.81. The highest BCUT2D eigenvalue weighted by atomic mass is 16.5. The Bertz CT molecular complexity index is 770. The van der Waals surface area contributed by atoms with Crippen LogP contribution < -0.4 is 10.2 Å². The number of hydrogen-bond acceptors (Lipinski definition) is 4. The number of carbonyl (C=O) groups excluding carboxylic acids is 3. The topological polar surface area (TPSA) is 79.0 Å². The molecule has 3 amide bonds. The minimum atomic E-state index is -0.305. The first-order valence-electron chi connectivity index (χ1n) is 11.4. The predicted octanol–water partition coefficient (Wildman–Crippen LogP) is 2.52. The second-order valence-corrected chi connectivity index (χ2v) is 8.90. The first kappa shape index (κ1) is 23.3. The summed E-state index contributed by atoms with van der Waals surface area (Å²) in [5.74, 6) is -0.256. The summed E-state index contributed by atoms with van der Waals surface area (Å²) in [4.78, 5) is 41.4. The molecular weight excluding hydrogens is 394 g/mol. The summed E-state index contributed by atoms with van der Waals surface area (Å²) in [5.41, 5.74) is 1.99. The van der Waals surface area contributed by atoms with Crippen molar-refractivity contribution in [2.75, 3.05) is 37.7 Å². The van der Waals surface area contributed by atoms with E-state index in [1.54, 1.807) is 4.90 Å². The first-order valence-corrected chi connectivity index (χ1v) is 11.4. The highest BCUT2D eigenvalue weighted by Crippen LogP contribution is 2.28. The Kier molecular flexibility index (Phi) is 8.07. The van der Waals surface area contributed by atoms with Crippen LogP contribution in [-0.2, 0) is 19.1 Å². The molecule has 0 aliphatic carbocycles. The van der Waals surface area contributed by atoms with Gasteiger partial charge in [0.2, 0.25) is 17.7 Å². The second-order valence-electron chi connectivity index (χ2n) is 8.90. The van der Waals surface area contributed by atoms with Crippen molar-refractivity contribution in [3.63, 3.8) is 0 Å². The van der Waals surface area contributed by atoms with E-state index < -0.39 is 0 Å². The molecule has 1 atom stereocenters. The number of nitrogens with one attached hydrogen (secondary N) is 1. The lowest BCUT2D eigenvalue weighted by Crippen LogP contribution is -2.45. The molecule has 0 radical (unpaired) electrons. The fourth-order valence-corrected chi connectivity index (χ4v) is 4.21.